The molecule has 96 valence electrons. The number of halogens is 1. The largest absolute Gasteiger partial charge is 0.277 e. The van der Waals surface area contributed by atoms with Gasteiger partial charge in [-0.1, -0.05) is 28.1 Å². The van der Waals surface area contributed by atoms with Gasteiger partial charge in [0.25, 0.3) is 11.4 Å². The van der Waals surface area contributed by atoms with E-state index in [9.17, 15) is 20.2 Å². The van der Waals surface area contributed by atoms with E-state index >= 15 is 0 Å². The van der Waals surface area contributed by atoms with E-state index in [1.165, 1.54) is 6.07 Å². The molecule has 0 fully saturated rings. The molecule has 2 rings (SSSR count). The predicted octanol–water partition coefficient (Wildman–Crippen LogP) is 3.93. The summed E-state index contributed by atoms with van der Waals surface area (Å²) >= 11 is 3.26. The van der Waals surface area contributed by atoms with E-state index in [1.807, 2.05) is 0 Å². The van der Waals surface area contributed by atoms with Crippen LogP contribution in [0.15, 0.2) is 46.9 Å². The molecule has 6 nitrogen and oxygen atoms in total. The summed E-state index contributed by atoms with van der Waals surface area (Å²) in [6.07, 6.45) is 0. The van der Waals surface area contributed by atoms with Crippen LogP contribution in [0.25, 0.3) is 11.1 Å². The van der Waals surface area contributed by atoms with E-state index in [4.69, 9.17) is 0 Å². The van der Waals surface area contributed by atoms with Crippen molar-refractivity contribution in [1.82, 2.24) is 0 Å². The van der Waals surface area contributed by atoms with Crippen molar-refractivity contribution in [2.24, 2.45) is 0 Å². The lowest BCUT2D eigenvalue weighted by molar-refractivity contribution is -0.388. The van der Waals surface area contributed by atoms with Crippen LogP contribution in [0.3, 0.4) is 0 Å². The fourth-order valence-corrected chi connectivity index (χ4v) is 1.92. The van der Waals surface area contributed by atoms with Gasteiger partial charge in [0.15, 0.2) is 0 Å². The van der Waals surface area contributed by atoms with Gasteiger partial charge in [-0.15, -0.1) is 0 Å². The van der Waals surface area contributed by atoms with Crippen LogP contribution in [-0.2, 0) is 0 Å². The van der Waals surface area contributed by atoms with Crippen LogP contribution in [0.5, 0.6) is 0 Å². The Labute approximate surface area is 116 Å². The first-order valence-corrected chi connectivity index (χ1v) is 5.97. The fraction of sp³-hybridized carbons (Fsp3) is 0. The number of nitrogens with zero attached hydrogens (tertiary/aromatic N) is 2. The van der Waals surface area contributed by atoms with Gasteiger partial charge in [0, 0.05) is 22.7 Å². The van der Waals surface area contributed by atoms with E-state index in [0.29, 0.717) is 5.56 Å². The molecule has 0 N–H and O–H groups in total. The minimum absolute atomic E-state index is 0.159. The molecule has 2 aromatic rings. The first-order valence-electron chi connectivity index (χ1n) is 5.18. The molecule has 0 aliphatic carbocycles. The van der Waals surface area contributed by atoms with Gasteiger partial charge in [0.05, 0.1) is 15.4 Å². The molecule has 0 atom stereocenters. The standard InChI is InChI=1S/C12H7BrN2O4/c13-9-3-1-8(2-4-9)11-7-10(14(16)17)5-6-12(11)15(18)19/h1-7H. The molecule has 0 amide bonds. The molecule has 0 aliphatic heterocycles. The first-order chi connectivity index (χ1) is 8.99. The predicted molar refractivity (Wildman–Crippen MR) is 72.9 cm³/mol. The number of nitro benzene ring substituents is 2. The van der Waals surface area contributed by atoms with E-state index in [2.05, 4.69) is 15.9 Å². The van der Waals surface area contributed by atoms with Crippen LogP contribution >= 0.6 is 15.9 Å². The first kappa shape index (κ1) is 13.2. The third kappa shape index (κ3) is 2.76. The van der Waals surface area contributed by atoms with Crippen molar-refractivity contribution >= 4 is 27.3 Å². The van der Waals surface area contributed by atoms with E-state index in [1.54, 1.807) is 24.3 Å². The lowest BCUT2D eigenvalue weighted by atomic mass is 10.0. The molecule has 0 aromatic heterocycles. The molecule has 0 saturated heterocycles. The molecule has 0 heterocycles. The SMILES string of the molecule is O=[N+]([O-])c1ccc([N+](=O)[O-])c(-c2ccc(Br)cc2)c1. The van der Waals surface area contributed by atoms with Crippen LogP contribution in [0, 0.1) is 20.2 Å². The van der Waals surface area contributed by atoms with Crippen LogP contribution in [-0.4, -0.2) is 9.85 Å². The second-order valence-corrected chi connectivity index (χ2v) is 4.64. The molecule has 0 radical (unpaired) electrons. The summed E-state index contributed by atoms with van der Waals surface area (Å²) in [5.74, 6) is 0. The van der Waals surface area contributed by atoms with Crippen molar-refractivity contribution in [3.63, 3.8) is 0 Å². The zero-order chi connectivity index (χ0) is 14.0. The molecule has 0 saturated carbocycles. The van der Waals surface area contributed by atoms with Gasteiger partial charge in [-0.05, 0) is 17.7 Å². The number of hydrogen-bond donors (Lipinski definition) is 0. The molecule has 2 aromatic carbocycles. The van der Waals surface area contributed by atoms with E-state index < -0.39 is 9.85 Å². The number of hydrogen-bond acceptors (Lipinski definition) is 4. The second-order valence-electron chi connectivity index (χ2n) is 3.72. The molecule has 19 heavy (non-hydrogen) atoms. The maximum atomic E-state index is 11.0. The Bertz CT molecular complexity index is 655. The Morgan fingerprint density at radius 1 is 0.895 bits per heavy atom. The highest BCUT2D eigenvalue weighted by atomic mass is 79.9. The Hall–Kier alpha value is -2.28. The second kappa shape index (κ2) is 5.15. The number of nitro groups is 2. The quantitative estimate of drug-likeness (QED) is 0.632. The molecule has 7 heteroatoms. The summed E-state index contributed by atoms with van der Waals surface area (Å²) in [6.45, 7) is 0. The van der Waals surface area contributed by atoms with Gasteiger partial charge in [-0.3, -0.25) is 20.2 Å². The van der Waals surface area contributed by atoms with Crippen molar-refractivity contribution in [3.8, 4) is 11.1 Å². The minimum Gasteiger partial charge on any atom is -0.258 e. The number of non-ortho nitro benzene ring substituents is 1. The molecule has 0 spiro atoms. The molecular formula is C12H7BrN2O4. The summed E-state index contributed by atoms with van der Waals surface area (Å²) in [5.41, 5.74) is 0.446. The molecule has 0 aliphatic rings. The smallest absolute Gasteiger partial charge is 0.258 e. The summed E-state index contributed by atoms with van der Waals surface area (Å²) in [4.78, 5) is 20.6. The Morgan fingerprint density at radius 2 is 1.53 bits per heavy atom. The lowest BCUT2D eigenvalue weighted by Crippen LogP contribution is -1.94. The third-order valence-corrected chi connectivity index (χ3v) is 3.07. The van der Waals surface area contributed by atoms with Gasteiger partial charge in [-0.2, -0.15) is 0 Å². The van der Waals surface area contributed by atoms with Crippen LogP contribution in [0.2, 0.25) is 0 Å². The average Bonchev–Trinajstić information content (AvgIpc) is 2.38. The van der Waals surface area contributed by atoms with Gasteiger partial charge in [0.1, 0.15) is 0 Å². The van der Waals surface area contributed by atoms with Crippen molar-refractivity contribution in [2.75, 3.05) is 0 Å². The Kier molecular flexibility index (Phi) is 3.57. The number of rotatable bonds is 3. The monoisotopic (exact) mass is 322 g/mol. The van der Waals surface area contributed by atoms with E-state index in [-0.39, 0.29) is 16.9 Å². The van der Waals surface area contributed by atoms with Crippen molar-refractivity contribution in [3.05, 3.63) is 67.2 Å². The van der Waals surface area contributed by atoms with Crippen LogP contribution in [0.1, 0.15) is 0 Å². The normalized spacial score (nSPS) is 10.2. The van der Waals surface area contributed by atoms with Crippen molar-refractivity contribution in [1.29, 1.82) is 0 Å². The van der Waals surface area contributed by atoms with Crippen molar-refractivity contribution < 1.29 is 9.85 Å². The maximum absolute atomic E-state index is 11.0. The van der Waals surface area contributed by atoms with Gasteiger partial charge in [0.2, 0.25) is 0 Å². The fourth-order valence-electron chi connectivity index (χ4n) is 1.66. The highest BCUT2D eigenvalue weighted by Crippen LogP contribution is 2.33. The molecule has 0 bridgehead atoms. The van der Waals surface area contributed by atoms with Gasteiger partial charge in [-0.25, -0.2) is 0 Å². The van der Waals surface area contributed by atoms with Gasteiger partial charge < -0.3 is 0 Å². The Balaban J connectivity index is 2.64. The molecule has 0 unspecified atom stereocenters. The minimum atomic E-state index is -0.577. The lowest BCUT2D eigenvalue weighted by Gasteiger charge is -2.03. The highest BCUT2D eigenvalue weighted by molar-refractivity contribution is 9.10. The summed E-state index contributed by atoms with van der Waals surface area (Å²) in [7, 11) is 0. The third-order valence-electron chi connectivity index (χ3n) is 2.54. The van der Waals surface area contributed by atoms with Crippen LogP contribution in [0.4, 0.5) is 11.4 Å². The van der Waals surface area contributed by atoms with Crippen molar-refractivity contribution in [2.45, 2.75) is 0 Å². The van der Waals surface area contributed by atoms with E-state index in [0.717, 1.165) is 16.6 Å². The zero-order valence-corrected chi connectivity index (χ0v) is 11.0. The Morgan fingerprint density at radius 3 is 2.05 bits per heavy atom. The van der Waals surface area contributed by atoms with Crippen LogP contribution < -0.4 is 0 Å². The summed E-state index contributed by atoms with van der Waals surface area (Å²) < 4.78 is 0.823. The summed E-state index contributed by atoms with van der Waals surface area (Å²) in [6, 6.07) is 10.2. The zero-order valence-electron chi connectivity index (χ0n) is 9.45. The average molecular weight is 323 g/mol. The van der Waals surface area contributed by atoms with Gasteiger partial charge >= 0.3 is 0 Å². The highest BCUT2D eigenvalue weighted by Gasteiger charge is 2.19. The maximum Gasteiger partial charge on any atom is 0.277 e. The number of benzene rings is 2. The summed E-state index contributed by atoms with van der Waals surface area (Å²) in [5, 5.41) is 21.7. The topological polar surface area (TPSA) is 86.3 Å². The molecular weight excluding hydrogens is 316 g/mol.